The van der Waals surface area contributed by atoms with Gasteiger partial charge in [0.15, 0.2) is 0 Å². The summed E-state index contributed by atoms with van der Waals surface area (Å²) in [5.41, 5.74) is 6.54. The van der Waals surface area contributed by atoms with Crippen LogP contribution in [0.5, 0.6) is 5.75 Å². The van der Waals surface area contributed by atoms with Crippen molar-refractivity contribution < 1.29 is 18.6 Å². The number of hydrogen-bond acceptors (Lipinski definition) is 3. The first-order chi connectivity index (χ1) is 8.04. The molecule has 0 unspecified atom stereocenters. The summed E-state index contributed by atoms with van der Waals surface area (Å²) >= 11 is 0. The quantitative estimate of drug-likeness (QED) is 0.843. The zero-order valence-electron chi connectivity index (χ0n) is 10.1. The molecule has 6 heteroatoms. The number of rotatable bonds is 6. The maximum absolute atomic E-state index is 11.9. The van der Waals surface area contributed by atoms with E-state index in [2.05, 4.69) is 4.74 Å². The van der Waals surface area contributed by atoms with E-state index in [1.165, 1.54) is 12.1 Å². The van der Waals surface area contributed by atoms with Crippen molar-refractivity contribution in [3.8, 4) is 5.75 Å². The van der Waals surface area contributed by atoms with Crippen molar-refractivity contribution in [1.82, 2.24) is 0 Å². The maximum atomic E-state index is 11.9. The van der Waals surface area contributed by atoms with E-state index in [0.717, 1.165) is 6.42 Å². The highest BCUT2D eigenvalue weighted by Gasteiger charge is 2.16. The normalized spacial score (nSPS) is 13.9. The summed E-state index contributed by atoms with van der Waals surface area (Å²) in [5, 5.41) is 9.71. The molecule has 1 aromatic rings. The van der Waals surface area contributed by atoms with E-state index in [4.69, 9.17) is 5.73 Å². The third-order valence-corrected chi connectivity index (χ3v) is 2.49. The van der Waals surface area contributed by atoms with Crippen LogP contribution in [0.25, 0.3) is 0 Å². The monoisotopic (exact) mass is 281 g/mol. The molecule has 0 saturated heterocycles. The first-order valence-electron chi connectivity index (χ1n) is 5.53. The number of hydrogen-bond donors (Lipinski definition) is 2. The average molecular weight is 282 g/mol. The minimum Gasteiger partial charge on any atom is -0.435 e. The van der Waals surface area contributed by atoms with Crippen molar-refractivity contribution in [3.05, 3.63) is 29.8 Å². The number of aliphatic hydroxyl groups is 1. The summed E-state index contributed by atoms with van der Waals surface area (Å²) in [5.74, 6) is 0.0842. The van der Waals surface area contributed by atoms with E-state index in [0.29, 0.717) is 12.0 Å². The van der Waals surface area contributed by atoms with Gasteiger partial charge < -0.3 is 15.6 Å². The Morgan fingerprint density at radius 3 is 2.28 bits per heavy atom. The maximum Gasteiger partial charge on any atom is 0.387 e. The summed E-state index contributed by atoms with van der Waals surface area (Å²) in [6, 6.07) is 5.50. The highest BCUT2D eigenvalue weighted by Crippen LogP contribution is 2.21. The minimum atomic E-state index is -2.83. The van der Waals surface area contributed by atoms with Gasteiger partial charge in [0.1, 0.15) is 5.75 Å². The fourth-order valence-corrected chi connectivity index (χ4v) is 1.57. The highest BCUT2D eigenvalue weighted by molar-refractivity contribution is 5.85. The molecule has 0 aliphatic rings. The molecule has 0 spiro atoms. The molecule has 0 radical (unpaired) electrons. The Hall–Kier alpha value is -0.910. The lowest BCUT2D eigenvalue weighted by molar-refractivity contribution is -0.0498. The van der Waals surface area contributed by atoms with Crippen LogP contribution in [0, 0.1) is 0 Å². The molecule has 0 amide bonds. The second-order valence-corrected chi connectivity index (χ2v) is 3.83. The first kappa shape index (κ1) is 17.1. The molecule has 0 aliphatic carbocycles. The van der Waals surface area contributed by atoms with E-state index in [1.54, 1.807) is 12.1 Å². The fraction of sp³-hybridized carbons (Fsp3) is 0.500. The fourth-order valence-electron chi connectivity index (χ4n) is 1.57. The zero-order valence-corrected chi connectivity index (χ0v) is 10.9. The van der Waals surface area contributed by atoms with Gasteiger partial charge in [-0.25, -0.2) is 0 Å². The van der Waals surface area contributed by atoms with Gasteiger partial charge in [0, 0.05) is 0 Å². The van der Waals surface area contributed by atoms with Crippen LogP contribution in [0.15, 0.2) is 24.3 Å². The van der Waals surface area contributed by atoms with Crippen LogP contribution in [0.4, 0.5) is 8.78 Å². The van der Waals surface area contributed by atoms with Crippen molar-refractivity contribution in [1.29, 1.82) is 0 Å². The summed E-state index contributed by atoms with van der Waals surface area (Å²) in [7, 11) is 0. The molecule has 104 valence electrons. The van der Waals surface area contributed by atoms with Gasteiger partial charge in [0.25, 0.3) is 0 Å². The molecule has 18 heavy (non-hydrogen) atoms. The van der Waals surface area contributed by atoms with E-state index in [1.807, 2.05) is 6.92 Å². The van der Waals surface area contributed by atoms with Crippen LogP contribution in [0.3, 0.4) is 0 Å². The van der Waals surface area contributed by atoms with E-state index in [-0.39, 0.29) is 18.2 Å². The zero-order chi connectivity index (χ0) is 12.8. The molecular formula is C12H18ClF2NO2. The Balaban J connectivity index is 0.00000289. The summed E-state index contributed by atoms with van der Waals surface area (Å²) in [6.07, 6.45) is 0.819. The van der Waals surface area contributed by atoms with Crippen LogP contribution in [-0.4, -0.2) is 17.8 Å². The lowest BCUT2D eigenvalue weighted by Crippen LogP contribution is -2.25. The van der Waals surface area contributed by atoms with Gasteiger partial charge in [-0.15, -0.1) is 12.4 Å². The number of ether oxygens (including phenoxy) is 1. The molecule has 0 heterocycles. The topological polar surface area (TPSA) is 55.5 Å². The lowest BCUT2D eigenvalue weighted by Gasteiger charge is -2.18. The molecule has 2 atom stereocenters. The van der Waals surface area contributed by atoms with Crippen LogP contribution in [-0.2, 0) is 0 Å². The number of benzene rings is 1. The van der Waals surface area contributed by atoms with Crippen LogP contribution < -0.4 is 10.5 Å². The smallest absolute Gasteiger partial charge is 0.387 e. The van der Waals surface area contributed by atoms with Crippen molar-refractivity contribution in [3.63, 3.8) is 0 Å². The van der Waals surface area contributed by atoms with Crippen molar-refractivity contribution in [2.75, 3.05) is 0 Å². The van der Waals surface area contributed by atoms with Crippen molar-refractivity contribution in [2.24, 2.45) is 5.73 Å². The minimum absolute atomic E-state index is 0. The van der Waals surface area contributed by atoms with Crippen LogP contribution >= 0.6 is 12.4 Å². The van der Waals surface area contributed by atoms with Gasteiger partial charge in [-0.05, 0) is 24.1 Å². The molecular weight excluding hydrogens is 264 g/mol. The largest absolute Gasteiger partial charge is 0.435 e. The molecule has 1 rings (SSSR count). The molecule has 3 nitrogen and oxygen atoms in total. The molecule has 0 bridgehead atoms. The third-order valence-electron chi connectivity index (χ3n) is 2.49. The molecule has 3 N–H and O–H groups in total. The van der Waals surface area contributed by atoms with E-state index >= 15 is 0 Å². The Bertz CT molecular complexity index is 335. The predicted octanol–water partition coefficient (Wildman–Crippen LogP) is 2.87. The SMILES string of the molecule is CCC[C@@H](O)[C@@H](N)c1ccc(OC(F)F)cc1.Cl. The van der Waals surface area contributed by atoms with Crippen LogP contribution in [0.2, 0.25) is 0 Å². The van der Waals surface area contributed by atoms with Crippen molar-refractivity contribution >= 4 is 12.4 Å². The second-order valence-electron chi connectivity index (χ2n) is 3.83. The lowest BCUT2D eigenvalue weighted by atomic mass is 9.99. The standard InChI is InChI=1S/C12H17F2NO2.ClH/c1-2-3-10(16)11(15)8-4-6-9(7-5-8)17-12(13)14;/h4-7,10-12,16H,2-3,15H2,1H3;1H/t10-,11+;/m1./s1. The van der Waals surface area contributed by atoms with Gasteiger partial charge in [0.05, 0.1) is 12.1 Å². The molecule has 0 fully saturated rings. The number of aliphatic hydroxyl groups excluding tert-OH is 1. The van der Waals surface area contributed by atoms with Gasteiger partial charge in [-0.3, -0.25) is 0 Å². The predicted molar refractivity (Wildman–Crippen MR) is 68.2 cm³/mol. The summed E-state index contributed by atoms with van der Waals surface area (Å²) < 4.78 is 28.1. The first-order valence-corrected chi connectivity index (χ1v) is 5.53. The summed E-state index contributed by atoms with van der Waals surface area (Å²) in [6.45, 7) is -0.879. The number of halogens is 3. The van der Waals surface area contributed by atoms with Crippen LogP contribution in [0.1, 0.15) is 31.4 Å². The Kier molecular flexibility index (Phi) is 7.82. The van der Waals surface area contributed by atoms with Gasteiger partial charge in [0.2, 0.25) is 0 Å². The third kappa shape index (κ3) is 5.16. The Labute approximate surface area is 111 Å². The Morgan fingerprint density at radius 2 is 1.83 bits per heavy atom. The summed E-state index contributed by atoms with van der Waals surface area (Å²) in [4.78, 5) is 0. The number of nitrogens with two attached hydrogens (primary N) is 1. The molecule has 0 aromatic heterocycles. The van der Waals surface area contributed by atoms with Gasteiger partial charge in [-0.1, -0.05) is 25.5 Å². The van der Waals surface area contributed by atoms with Gasteiger partial charge >= 0.3 is 6.61 Å². The number of alkyl halides is 2. The molecule has 0 saturated carbocycles. The molecule has 1 aromatic carbocycles. The molecule has 0 aliphatic heterocycles. The van der Waals surface area contributed by atoms with E-state index in [9.17, 15) is 13.9 Å². The second kappa shape index (κ2) is 8.24. The average Bonchev–Trinajstić information content (AvgIpc) is 2.28. The highest BCUT2D eigenvalue weighted by atomic mass is 35.5. The van der Waals surface area contributed by atoms with E-state index < -0.39 is 18.8 Å². The van der Waals surface area contributed by atoms with Gasteiger partial charge in [-0.2, -0.15) is 8.78 Å². The Morgan fingerprint density at radius 1 is 1.28 bits per heavy atom. The van der Waals surface area contributed by atoms with Crippen molar-refractivity contribution in [2.45, 2.75) is 38.5 Å².